The van der Waals surface area contributed by atoms with Crippen molar-refractivity contribution in [3.63, 3.8) is 0 Å². The Morgan fingerprint density at radius 1 is 1.00 bits per heavy atom. The van der Waals surface area contributed by atoms with Crippen molar-refractivity contribution in [1.29, 1.82) is 0 Å². The van der Waals surface area contributed by atoms with Crippen LogP contribution in [0.15, 0.2) is 60.8 Å². The Morgan fingerprint density at radius 2 is 1.70 bits per heavy atom. The van der Waals surface area contributed by atoms with Gasteiger partial charge < -0.3 is 10.3 Å². The summed E-state index contributed by atoms with van der Waals surface area (Å²) < 4.78 is 2.12. The minimum absolute atomic E-state index is 0.201. The Kier molecular flexibility index (Phi) is 3.77. The van der Waals surface area contributed by atoms with E-state index in [1.807, 2.05) is 24.3 Å². The second-order valence-corrected chi connectivity index (χ2v) is 5.28. The maximum absolute atomic E-state index is 6.66. The average Bonchev–Trinajstić information content (AvgIpc) is 2.87. The molecular weight excluding hydrogens is 268 g/mol. The van der Waals surface area contributed by atoms with E-state index in [0.717, 1.165) is 17.5 Å². The molecule has 2 N–H and O–H groups in total. The van der Waals surface area contributed by atoms with Crippen molar-refractivity contribution in [3.05, 3.63) is 71.9 Å². The molecule has 3 aromatic rings. The molecular formula is C17H17ClN2. The van der Waals surface area contributed by atoms with Crippen molar-refractivity contribution < 1.29 is 0 Å². The maximum atomic E-state index is 6.66. The van der Waals surface area contributed by atoms with Gasteiger partial charge in [-0.3, -0.25) is 0 Å². The lowest BCUT2D eigenvalue weighted by Crippen LogP contribution is -2.04. The molecule has 1 unspecified atom stereocenters. The Hall–Kier alpha value is -1.77. The zero-order chi connectivity index (χ0) is 13.9. The summed E-state index contributed by atoms with van der Waals surface area (Å²) in [4.78, 5) is 0. The highest BCUT2D eigenvalue weighted by atomic mass is 35.5. The van der Waals surface area contributed by atoms with E-state index in [9.17, 15) is 0 Å². The van der Waals surface area contributed by atoms with Crippen LogP contribution in [0.1, 0.15) is 16.6 Å². The molecule has 0 amide bonds. The molecule has 0 aliphatic carbocycles. The number of alkyl halides is 1. The van der Waals surface area contributed by atoms with Crippen molar-refractivity contribution in [3.8, 4) is 0 Å². The van der Waals surface area contributed by atoms with E-state index < -0.39 is 0 Å². The van der Waals surface area contributed by atoms with Gasteiger partial charge in [0.2, 0.25) is 0 Å². The smallest absolute Gasteiger partial charge is 0.133 e. The van der Waals surface area contributed by atoms with Gasteiger partial charge in [0, 0.05) is 17.1 Å². The molecule has 0 saturated carbocycles. The zero-order valence-electron chi connectivity index (χ0n) is 11.2. The molecule has 2 nitrogen and oxygen atoms in total. The van der Waals surface area contributed by atoms with Crippen LogP contribution in [0.2, 0.25) is 0 Å². The molecule has 1 aromatic heterocycles. The predicted octanol–water partition coefficient (Wildman–Crippen LogP) is 3.93. The molecule has 102 valence electrons. The number of nitrogens with two attached hydrogens (primary N) is 1. The van der Waals surface area contributed by atoms with Gasteiger partial charge in [0.15, 0.2) is 0 Å². The van der Waals surface area contributed by atoms with E-state index in [1.54, 1.807) is 0 Å². The third-order valence-electron chi connectivity index (χ3n) is 3.56. The summed E-state index contributed by atoms with van der Waals surface area (Å²) in [6.07, 6.45) is 2.99. The SMILES string of the molecule is NCCc1cn(C(Cl)c2ccccc2)c2ccccc12. The Labute approximate surface area is 123 Å². The number of hydrogen-bond acceptors (Lipinski definition) is 1. The van der Waals surface area contributed by atoms with Gasteiger partial charge in [-0.25, -0.2) is 0 Å². The Morgan fingerprint density at radius 3 is 2.45 bits per heavy atom. The second-order valence-electron chi connectivity index (χ2n) is 4.86. The van der Waals surface area contributed by atoms with Gasteiger partial charge in [-0.1, -0.05) is 60.1 Å². The highest BCUT2D eigenvalue weighted by molar-refractivity contribution is 6.21. The van der Waals surface area contributed by atoms with Crippen LogP contribution >= 0.6 is 11.6 Å². The zero-order valence-corrected chi connectivity index (χ0v) is 11.9. The summed E-state index contributed by atoms with van der Waals surface area (Å²) in [6, 6.07) is 18.5. The highest BCUT2D eigenvalue weighted by Crippen LogP contribution is 2.30. The fraction of sp³-hybridized carbons (Fsp3) is 0.176. The molecule has 0 saturated heterocycles. The molecule has 1 atom stereocenters. The number of para-hydroxylation sites is 1. The Balaban J connectivity index is 2.12. The fourth-order valence-electron chi connectivity index (χ4n) is 2.59. The molecule has 20 heavy (non-hydrogen) atoms. The predicted molar refractivity (Wildman–Crippen MR) is 85.1 cm³/mol. The molecule has 3 heteroatoms. The number of rotatable bonds is 4. The molecule has 2 aromatic carbocycles. The van der Waals surface area contributed by atoms with E-state index in [4.69, 9.17) is 17.3 Å². The summed E-state index contributed by atoms with van der Waals surface area (Å²) in [5.74, 6) is 0. The van der Waals surface area contributed by atoms with E-state index in [0.29, 0.717) is 6.54 Å². The van der Waals surface area contributed by atoms with Gasteiger partial charge in [-0.05, 0) is 30.2 Å². The summed E-state index contributed by atoms with van der Waals surface area (Å²) in [6.45, 7) is 0.645. The molecule has 0 spiro atoms. The minimum atomic E-state index is -0.201. The van der Waals surface area contributed by atoms with Gasteiger partial charge in [0.05, 0.1) is 0 Å². The lowest BCUT2D eigenvalue weighted by atomic mass is 10.1. The third kappa shape index (κ3) is 2.33. The van der Waals surface area contributed by atoms with Crippen LogP contribution < -0.4 is 5.73 Å². The van der Waals surface area contributed by atoms with Crippen LogP contribution in [0.4, 0.5) is 0 Å². The van der Waals surface area contributed by atoms with Gasteiger partial charge >= 0.3 is 0 Å². The first-order chi connectivity index (χ1) is 9.81. The van der Waals surface area contributed by atoms with E-state index >= 15 is 0 Å². The van der Waals surface area contributed by atoms with E-state index in [-0.39, 0.29) is 5.50 Å². The van der Waals surface area contributed by atoms with Crippen molar-refractivity contribution >= 4 is 22.5 Å². The Bertz CT molecular complexity index is 703. The quantitative estimate of drug-likeness (QED) is 0.723. The van der Waals surface area contributed by atoms with E-state index in [1.165, 1.54) is 10.9 Å². The largest absolute Gasteiger partial charge is 0.330 e. The van der Waals surface area contributed by atoms with Gasteiger partial charge in [0.25, 0.3) is 0 Å². The van der Waals surface area contributed by atoms with E-state index in [2.05, 4.69) is 41.1 Å². The number of halogens is 1. The topological polar surface area (TPSA) is 30.9 Å². The van der Waals surface area contributed by atoms with Crippen LogP contribution in [-0.4, -0.2) is 11.1 Å². The van der Waals surface area contributed by atoms with Crippen LogP contribution in [0.3, 0.4) is 0 Å². The van der Waals surface area contributed by atoms with Gasteiger partial charge in [-0.15, -0.1) is 0 Å². The molecule has 0 aliphatic heterocycles. The first-order valence-corrected chi connectivity index (χ1v) is 7.22. The van der Waals surface area contributed by atoms with Crippen LogP contribution in [-0.2, 0) is 6.42 Å². The maximum Gasteiger partial charge on any atom is 0.133 e. The normalized spacial score (nSPS) is 12.7. The van der Waals surface area contributed by atoms with Gasteiger partial charge in [0.1, 0.15) is 5.50 Å². The molecule has 0 fully saturated rings. The minimum Gasteiger partial charge on any atom is -0.330 e. The standard InChI is InChI=1S/C17H17ClN2/c18-17(13-6-2-1-3-7-13)20-12-14(10-11-19)15-8-4-5-9-16(15)20/h1-9,12,17H,10-11,19H2. The number of hydrogen-bond donors (Lipinski definition) is 1. The average molecular weight is 285 g/mol. The van der Waals surface area contributed by atoms with Crippen molar-refractivity contribution in [2.75, 3.05) is 6.54 Å². The first-order valence-electron chi connectivity index (χ1n) is 6.79. The molecule has 0 radical (unpaired) electrons. The summed E-state index contributed by atoms with van der Waals surface area (Å²) >= 11 is 6.66. The molecule has 3 rings (SSSR count). The fourth-order valence-corrected chi connectivity index (χ4v) is 2.90. The lowest BCUT2D eigenvalue weighted by molar-refractivity contribution is 0.794. The third-order valence-corrected chi connectivity index (χ3v) is 4.02. The monoisotopic (exact) mass is 284 g/mol. The highest BCUT2D eigenvalue weighted by Gasteiger charge is 2.14. The van der Waals surface area contributed by atoms with Crippen LogP contribution in [0.5, 0.6) is 0 Å². The van der Waals surface area contributed by atoms with Crippen LogP contribution in [0, 0.1) is 0 Å². The molecule has 0 aliphatic rings. The molecule has 0 bridgehead atoms. The van der Waals surface area contributed by atoms with Crippen molar-refractivity contribution in [2.45, 2.75) is 11.9 Å². The van der Waals surface area contributed by atoms with Crippen molar-refractivity contribution in [2.24, 2.45) is 5.73 Å². The van der Waals surface area contributed by atoms with Crippen LogP contribution in [0.25, 0.3) is 10.9 Å². The number of nitrogens with zero attached hydrogens (tertiary/aromatic N) is 1. The summed E-state index contributed by atoms with van der Waals surface area (Å²) in [5.41, 5.74) is 9.00. The van der Waals surface area contributed by atoms with Gasteiger partial charge in [-0.2, -0.15) is 0 Å². The summed E-state index contributed by atoms with van der Waals surface area (Å²) in [7, 11) is 0. The second kappa shape index (κ2) is 5.70. The van der Waals surface area contributed by atoms with Crippen molar-refractivity contribution in [1.82, 2.24) is 4.57 Å². The number of aromatic nitrogens is 1. The molecule has 1 heterocycles. The summed E-state index contributed by atoms with van der Waals surface area (Å²) in [5, 5.41) is 1.24. The first kappa shape index (κ1) is 13.2. The number of benzene rings is 2. The lowest BCUT2D eigenvalue weighted by Gasteiger charge is -2.13. The number of fused-ring (bicyclic) bond motifs is 1.